The van der Waals surface area contributed by atoms with E-state index in [9.17, 15) is 9.18 Å². The highest BCUT2D eigenvalue weighted by Crippen LogP contribution is 2.28. The minimum Gasteiger partial charge on any atom is -0.348 e. The van der Waals surface area contributed by atoms with Gasteiger partial charge in [0.05, 0.1) is 10.7 Å². The van der Waals surface area contributed by atoms with Crippen LogP contribution >= 0.6 is 11.3 Å². The molecule has 2 atom stereocenters. The molecule has 2 unspecified atom stereocenters. The van der Waals surface area contributed by atoms with Crippen molar-refractivity contribution in [2.24, 2.45) is 0 Å². The Kier molecular flexibility index (Phi) is 4.56. The number of aryl methyl sites for hydroxylation is 1. The SMILES string of the molecule is Cc1nc(Cc2ccc(F)cc2)sc1C(=O)NC1CC2CCC(C1)N2. The third-order valence-corrected chi connectivity index (χ3v) is 6.28. The maximum absolute atomic E-state index is 13.0. The summed E-state index contributed by atoms with van der Waals surface area (Å²) in [6.45, 7) is 1.88. The highest BCUT2D eigenvalue weighted by Gasteiger charge is 2.34. The Labute approximate surface area is 150 Å². The van der Waals surface area contributed by atoms with Gasteiger partial charge in [0.2, 0.25) is 0 Å². The van der Waals surface area contributed by atoms with Crippen molar-refractivity contribution in [3.05, 3.63) is 51.2 Å². The Hall–Kier alpha value is -1.79. The summed E-state index contributed by atoms with van der Waals surface area (Å²) in [5, 5.41) is 7.68. The van der Waals surface area contributed by atoms with Crippen LogP contribution in [-0.4, -0.2) is 29.0 Å². The lowest BCUT2D eigenvalue weighted by molar-refractivity contribution is 0.0927. The number of carbonyl (C=O) groups is 1. The van der Waals surface area contributed by atoms with Gasteiger partial charge in [0.15, 0.2) is 0 Å². The molecule has 132 valence electrons. The Bertz CT molecular complexity index is 761. The molecule has 2 aliphatic rings. The molecule has 2 fully saturated rings. The summed E-state index contributed by atoms with van der Waals surface area (Å²) in [6.07, 6.45) is 5.10. The van der Waals surface area contributed by atoms with E-state index in [1.165, 1.54) is 36.3 Å². The first-order valence-electron chi connectivity index (χ1n) is 8.84. The second-order valence-electron chi connectivity index (χ2n) is 7.11. The van der Waals surface area contributed by atoms with Crippen molar-refractivity contribution in [1.29, 1.82) is 0 Å². The number of thiazole rings is 1. The van der Waals surface area contributed by atoms with Gasteiger partial charge in [-0.1, -0.05) is 12.1 Å². The molecule has 4 nitrogen and oxygen atoms in total. The molecule has 1 aromatic carbocycles. The van der Waals surface area contributed by atoms with Crippen LogP contribution in [0.4, 0.5) is 4.39 Å². The van der Waals surface area contributed by atoms with Gasteiger partial charge in [-0.25, -0.2) is 9.37 Å². The molecule has 3 heterocycles. The fourth-order valence-electron chi connectivity index (χ4n) is 3.94. The minimum absolute atomic E-state index is 0.00773. The smallest absolute Gasteiger partial charge is 0.263 e. The average molecular weight is 359 g/mol. The second kappa shape index (κ2) is 6.84. The van der Waals surface area contributed by atoms with Crippen molar-refractivity contribution in [2.45, 2.75) is 57.2 Å². The Morgan fingerprint density at radius 1 is 1.28 bits per heavy atom. The van der Waals surface area contributed by atoms with Crippen molar-refractivity contribution in [1.82, 2.24) is 15.6 Å². The van der Waals surface area contributed by atoms with E-state index in [4.69, 9.17) is 0 Å². The number of piperidine rings is 1. The molecule has 2 aliphatic heterocycles. The van der Waals surface area contributed by atoms with Gasteiger partial charge in [-0.3, -0.25) is 4.79 Å². The van der Waals surface area contributed by atoms with Crippen LogP contribution in [0.5, 0.6) is 0 Å². The van der Waals surface area contributed by atoms with Crippen molar-refractivity contribution in [3.8, 4) is 0 Å². The van der Waals surface area contributed by atoms with E-state index >= 15 is 0 Å². The highest BCUT2D eigenvalue weighted by atomic mass is 32.1. The molecule has 0 saturated carbocycles. The van der Waals surface area contributed by atoms with E-state index in [0.29, 0.717) is 23.4 Å². The van der Waals surface area contributed by atoms with Gasteiger partial charge in [-0.15, -0.1) is 11.3 Å². The van der Waals surface area contributed by atoms with Crippen LogP contribution in [-0.2, 0) is 6.42 Å². The topological polar surface area (TPSA) is 54.0 Å². The molecule has 25 heavy (non-hydrogen) atoms. The van der Waals surface area contributed by atoms with E-state index in [-0.39, 0.29) is 17.8 Å². The Morgan fingerprint density at radius 3 is 2.64 bits per heavy atom. The molecule has 2 bridgehead atoms. The lowest BCUT2D eigenvalue weighted by atomic mass is 10.00. The van der Waals surface area contributed by atoms with E-state index < -0.39 is 0 Å². The Morgan fingerprint density at radius 2 is 1.96 bits per heavy atom. The van der Waals surface area contributed by atoms with E-state index in [1.807, 2.05) is 6.92 Å². The zero-order valence-corrected chi connectivity index (χ0v) is 15.0. The third kappa shape index (κ3) is 3.75. The van der Waals surface area contributed by atoms with Crippen LogP contribution in [0.1, 0.15) is 51.6 Å². The minimum atomic E-state index is -0.241. The first-order chi connectivity index (χ1) is 12.1. The molecule has 2 saturated heterocycles. The third-order valence-electron chi connectivity index (χ3n) is 5.12. The summed E-state index contributed by atoms with van der Waals surface area (Å²) in [7, 11) is 0. The number of nitrogens with zero attached hydrogens (tertiary/aromatic N) is 1. The molecule has 2 N–H and O–H groups in total. The summed E-state index contributed by atoms with van der Waals surface area (Å²) in [5.41, 5.74) is 1.77. The summed E-state index contributed by atoms with van der Waals surface area (Å²) in [5.74, 6) is -0.248. The van der Waals surface area contributed by atoms with Crippen molar-refractivity contribution < 1.29 is 9.18 Å². The largest absolute Gasteiger partial charge is 0.348 e. The zero-order chi connectivity index (χ0) is 17.4. The van der Waals surface area contributed by atoms with Gasteiger partial charge in [0.1, 0.15) is 10.7 Å². The maximum atomic E-state index is 13.0. The predicted octanol–water partition coefficient (Wildman–Crippen LogP) is 3.19. The first kappa shape index (κ1) is 16.7. The summed E-state index contributed by atoms with van der Waals surface area (Å²) >= 11 is 1.44. The molecule has 1 amide bonds. The number of benzene rings is 1. The number of hydrogen-bond donors (Lipinski definition) is 2. The molecular weight excluding hydrogens is 337 g/mol. The van der Waals surface area contributed by atoms with Crippen LogP contribution in [0, 0.1) is 12.7 Å². The molecule has 0 aliphatic carbocycles. The van der Waals surface area contributed by atoms with E-state index in [2.05, 4.69) is 15.6 Å². The predicted molar refractivity (Wildman–Crippen MR) is 96.5 cm³/mol. The standard InChI is InChI=1S/C19H22FN3OS/c1-11-18(19(24)23-16-9-14-6-7-15(10-16)22-14)25-17(21-11)8-12-2-4-13(20)5-3-12/h2-5,14-16,22H,6-10H2,1H3,(H,23,24). The van der Waals surface area contributed by atoms with Crippen LogP contribution in [0.2, 0.25) is 0 Å². The second-order valence-corrected chi connectivity index (χ2v) is 8.19. The zero-order valence-electron chi connectivity index (χ0n) is 14.2. The van der Waals surface area contributed by atoms with Crippen LogP contribution in [0.25, 0.3) is 0 Å². The summed E-state index contributed by atoms with van der Waals surface area (Å²) in [4.78, 5) is 17.9. The lowest BCUT2D eigenvalue weighted by Gasteiger charge is -2.29. The number of nitrogens with one attached hydrogen (secondary N) is 2. The van der Waals surface area contributed by atoms with E-state index in [1.54, 1.807) is 12.1 Å². The fraction of sp³-hybridized carbons (Fsp3) is 0.474. The summed E-state index contributed by atoms with van der Waals surface area (Å²) < 4.78 is 13.0. The van der Waals surface area contributed by atoms with Gasteiger partial charge in [0.25, 0.3) is 5.91 Å². The molecule has 6 heteroatoms. The molecule has 0 spiro atoms. The van der Waals surface area contributed by atoms with Crippen LogP contribution in [0.3, 0.4) is 0 Å². The monoisotopic (exact) mass is 359 g/mol. The highest BCUT2D eigenvalue weighted by molar-refractivity contribution is 7.13. The maximum Gasteiger partial charge on any atom is 0.263 e. The van der Waals surface area contributed by atoms with Crippen molar-refractivity contribution in [2.75, 3.05) is 0 Å². The van der Waals surface area contributed by atoms with Gasteiger partial charge in [-0.2, -0.15) is 0 Å². The van der Waals surface area contributed by atoms with E-state index in [0.717, 1.165) is 29.1 Å². The van der Waals surface area contributed by atoms with Gasteiger partial charge >= 0.3 is 0 Å². The summed E-state index contributed by atoms with van der Waals surface area (Å²) in [6, 6.07) is 7.80. The molecule has 2 aromatic rings. The average Bonchev–Trinajstić information content (AvgIpc) is 3.11. The number of hydrogen-bond acceptors (Lipinski definition) is 4. The normalized spacial score (nSPS) is 25.1. The number of fused-ring (bicyclic) bond motifs is 2. The first-order valence-corrected chi connectivity index (χ1v) is 9.66. The molecule has 1 aromatic heterocycles. The number of aromatic nitrogens is 1. The Balaban J connectivity index is 1.42. The van der Waals surface area contributed by atoms with Crippen molar-refractivity contribution >= 4 is 17.2 Å². The number of halogens is 1. The van der Waals surface area contributed by atoms with Gasteiger partial charge < -0.3 is 10.6 Å². The quantitative estimate of drug-likeness (QED) is 0.881. The van der Waals surface area contributed by atoms with Gasteiger partial charge in [-0.05, 0) is 50.3 Å². The number of amides is 1. The van der Waals surface area contributed by atoms with Gasteiger partial charge in [0, 0.05) is 24.5 Å². The fourth-order valence-corrected chi connectivity index (χ4v) is 4.94. The molecule has 0 radical (unpaired) electrons. The number of carbonyl (C=O) groups excluding carboxylic acids is 1. The molecule has 4 rings (SSSR count). The number of rotatable bonds is 4. The van der Waals surface area contributed by atoms with Crippen LogP contribution < -0.4 is 10.6 Å². The lowest BCUT2D eigenvalue weighted by Crippen LogP contribution is -2.48. The molecular formula is C19H22FN3OS. The van der Waals surface area contributed by atoms with Crippen LogP contribution in [0.15, 0.2) is 24.3 Å². The van der Waals surface area contributed by atoms with Crippen molar-refractivity contribution in [3.63, 3.8) is 0 Å².